The van der Waals surface area contributed by atoms with Crippen molar-refractivity contribution in [1.82, 2.24) is 0 Å². The van der Waals surface area contributed by atoms with Gasteiger partial charge < -0.3 is 16.9 Å². The van der Waals surface area contributed by atoms with Crippen molar-refractivity contribution in [3.63, 3.8) is 0 Å². The molecule has 0 spiro atoms. The van der Waals surface area contributed by atoms with E-state index in [4.69, 9.17) is 4.89 Å². The predicted molar refractivity (Wildman–Crippen MR) is 34.8 cm³/mol. The molecule has 1 fully saturated rings. The van der Waals surface area contributed by atoms with Crippen molar-refractivity contribution in [1.29, 1.82) is 0 Å². The summed E-state index contributed by atoms with van der Waals surface area (Å²) in [6.07, 6.45) is 0.0833. The zero-order valence-electron chi connectivity index (χ0n) is 7.04. The molecule has 0 amide bonds. The number of likely N-dealkylation sites (N-methyl/N-ethyl adjacent to an activating group) is 1. The zero-order chi connectivity index (χ0) is 7.61. The fourth-order valence-electron chi connectivity index (χ4n) is 0.909. The minimum atomic E-state index is 0. The van der Waals surface area contributed by atoms with Gasteiger partial charge in [-0.3, -0.25) is 0 Å². The molecule has 0 aromatic heterocycles. The van der Waals surface area contributed by atoms with Crippen LogP contribution in [0.1, 0.15) is 0 Å². The molecule has 68 valence electrons. The first kappa shape index (κ1) is 11.1. The molecule has 1 aliphatic rings. The lowest BCUT2D eigenvalue weighted by Crippen LogP contribution is -3.00. The Morgan fingerprint density at radius 3 is 2.36 bits per heavy atom. The van der Waals surface area contributed by atoms with Gasteiger partial charge in [0, 0.05) is 0 Å². The smallest absolute Gasteiger partial charge is 0.171 e. The Morgan fingerprint density at radius 2 is 2.00 bits per heavy atom. The number of hydrogen-bond acceptors (Lipinski definition) is 3. The van der Waals surface area contributed by atoms with Crippen LogP contribution in [0.5, 0.6) is 0 Å². The highest BCUT2D eigenvalue weighted by atomic mass is 35.5. The molecular formula is C6H14ClNO3. The van der Waals surface area contributed by atoms with Crippen molar-refractivity contribution in [2.24, 2.45) is 0 Å². The van der Waals surface area contributed by atoms with Crippen molar-refractivity contribution in [2.75, 3.05) is 34.3 Å². The summed E-state index contributed by atoms with van der Waals surface area (Å²) in [5.41, 5.74) is 0. The second kappa shape index (κ2) is 4.23. The zero-order valence-corrected chi connectivity index (χ0v) is 7.80. The molecule has 1 atom stereocenters. The molecule has 0 radical (unpaired) electrons. The van der Waals surface area contributed by atoms with Crippen LogP contribution >= 0.6 is 0 Å². The second-order valence-electron chi connectivity index (χ2n) is 3.54. The summed E-state index contributed by atoms with van der Waals surface area (Å²) < 4.78 is 0.859. The fraction of sp³-hybridized carbons (Fsp3) is 1.00. The van der Waals surface area contributed by atoms with Gasteiger partial charge in [0.1, 0.15) is 13.2 Å². The quantitative estimate of drug-likeness (QED) is 0.337. The molecule has 11 heavy (non-hydrogen) atoms. The van der Waals surface area contributed by atoms with Crippen LogP contribution < -0.4 is 12.4 Å². The third kappa shape index (κ3) is 4.55. The minimum absolute atomic E-state index is 0. The third-order valence-corrected chi connectivity index (χ3v) is 1.23. The second-order valence-corrected chi connectivity index (χ2v) is 3.54. The van der Waals surface area contributed by atoms with E-state index in [1.165, 1.54) is 0 Å². The summed E-state index contributed by atoms with van der Waals surface area (Å²) in [6.45, 7) is 1.44. The van der Waals surface area contributed by atoms with Crippen LogP contribution in [0.4, 0.5) is 0 Å². The fourth-order valence-corrected chi connectivity index (χ4v) is 0.909. The van der Waals surface area contributed by atoms with E-state index in [1.54, 1.807) is 0 Å². The molecule has 0 bridgehead atoms. The van der Waals surface area contributed by atoms with Crippen molar-refractivity contribution in [2.45, 2.75) is 6.10 Å². The summed E-state index contributed by atoms with van der Waals surface area (Å²) in [6, 6.07) is 0. The van der Waals surface area contributed by atoms with Crippen molar-refractivity contribution >= 4 is 0 Å². The molecule has 0 aromatic carbocycles. The van der Waals surface area contributed by atoms with Crippen LogP contribution in [0.2, 0.25) is 0 Å². The van der Waals surface area contributed by atoms with E-state index in [-0.39, 0.29) is 18.5 Å². The van der Waals surface area contributed by atoms with E-state index >= 15 is 0 Å². The SMILES string of the molecule is C[N+](C)(C)CC1COOO1.[Cl-]. The number of hydrogen-bond donors (Lipinski definition) is 0. The lowest BCUT2D eigenvalue weighted by molar-refractivity contribution is -0.874. The summed E-state index contributed by atoms with van der Waals surface area (Å²) in [4.78, 5) is 9.36. The first-order valence-corrected chi connectivity index (χ1v) is 3.33. The number of quaternary nitrogens is 1. The van der Waals surface area contributed by atoms with Crippen LogP contribution in [-0.4, -0.2) is 44.9 Å². The van der Waals surface area contributed by atoms with Gasteiger partial charge in [0.05, 0.1) is 21.1 Å². The highest BCUT2D eigenvalue weighted by Crippen LogP contribution is 2.07. The average Bonchev–Trinajstić information content (AvgIpc) is 2.12. The van der Waals surface area contributed by atoms with Crippen LogP contribution in [0.25, 0.3) is 0 Å². The lowest BCUT2D eigenvalue weighted by atomic mass is 10.3. The Balaban J connectivity index is 0.000001000. The molecule has 4 nitrogen and oxygen atoms in total. The van der Waals surface area contributed by atoms with E-state index in [0.29, 0.717) is 6.61 Å². The third-order valence-electron chi connectivity index (χ3n) is 1.23. The molecule has 1 rings (SSSR count). The maximum absolute atomic E-state index is 4.79. The highest BCUT2D eigenvalue weighted by molar-refractivity contribution is 4.52. The van der Waals surface area contributed by atoms with Gasteiger partial charge in [0.25, 0.3) is 0 Å². The Hall–Kier alpha value is 0.130. The van der Waals surface area contributed by atoms with Gasteiger partial charge in [0.2, 0.25) is 0 Å². The van der Waals surface area contributed by atoms with Gasteiger partial charge in [-0.25, -0.2) is 4.89 Å². The van der Waals surface area contributed by atoms with Crippen LogP contribution in [0.15, 0.2) is 0 Å². The maximum atomic E-state index is 4.79. The van der Waals surface area contributed by atoms with Crippen molar-refractivity contribution < 1.29 is 31.7 Å². The molecule has 5 heteroatoms. The van der Waals surface area contributed by atoms with E-state index in [0.717, 1.165) is 11.0 Å². The predicted octanol–water partition coefficient (Wildman–Crippen LogP) is -3.04. The summed E-state index contributed by atoms with van der Waals surface area (Å²) in [5, 5.41) is 4.29. The standard InChI is InChI=1S/C6H14NO3.ClH/c1-7(2,3)4-6-5-8-10-9-6;/h6H,4-5H2,1-3H3;1H/q+1;/p-1. The van der Waals surface area contributed by atoms with E-state index in [1.807, 2.05) is 0 Å². The number of halogens is 1. The van der Waals surface area contributed by atoms with Gasteiger partial charge in [-0.2, -0.15) is 4.89 Å². The van der Waals surface area contributed by atoms with Crippen LogP contribution in [-0.2, 0) is 14.8 Å². The minimum Gasteiger partial charge on any atom is -1.00 e. The number of rotatable bonds is 2. The number of nitrogens with zero attached hydrogens (tertiary/aromatic N) is 1. The molecule has 1 heterocycles. The molecule has 1 saturated heterocycles. The highest BCUT2D eigenvalue weighted by Gasteiger charge is 2.25. The molecule has 0 saturated carbocycles. The largest absolute Gasteiger partial charge is 1.00 e. The monoisotopic (exact) mass is 183 g/mol. The summed E-state index contributed by atoms with van der Waals surface area (Å²) >= 11 is 0. The first-order chi connectivity index (χ1) is 4.58. The van der Waals surface area contributed by atoms with Gasteiger partial charge in [0.15, 0.2) is 6.10 Å². The molecular weight excluding hydrogens is 170 g/mol. The Morgan fingerprint density at radius 1 is 1.36 bits per heavy atom. The van der Waals surface area contributed by atoms with Crippen molar-refractivity contribution in [3.8, 4) is 0 Å². The van der Waals surface area contributed by atoms with Crippen LogP contribution in [0, 0.1) is 0 Å². The van der Waals surface area contributed by atoms with Gasteiger partial charge >= 0.3 is 0 Å². The van der Waals surface area contributed by atoms with Crippen molar-refractivity contribution in [3.05, 3.63) is 0 Å². The first-order valence-electron chi connectivity index (χ1n) is 3.33. The summed E-state index contributed by atoms with van der Waals surface area (Å²) in [5.74, 6) is 0. The molecule has 1 aliphatic heterocycles. The van der Waals surface area contributed by atoms with E-state index < -0.39 is 0 Å². The molecule has 0 N–H and O–H groups in total. The van der Waals surface area contributed by atoms with Gasteiger partial charge in [-0.05, 0) is 0 Å². The van der Waals surface area contributed by atoms with Gasteiger partial charge in [-0.1, -0.05) is 5.04 Å². The maximum Gasteiger partial charge on any atom is 0.171 e. The van der Waals surface area contributed by atoms with Gasteiger partial charge in [-0.15, -0.1) is 0 Å². The Kier molecular flexibility index (Phi) is 4.28. The topological polar surface area (TPSA) is 27.7 Å². The molecule has 0 aliphatic carbocycles. The van der Waals surface area contributed by atoms with Crippen LogP contribution in [0.3, 0.4) is 0 Å². The Bertz CT molecular complexity index is 109. The average molecular weight is 184 g/mol. The Labute approximate surface area is 72.9 Å². The lowest BCUT2D eigenvalue weighted by Gasteiger charge is -2.24. The van der Waals surface area contributed by atoms with E-state index in [9.17, 15) is 0 Å². The normalized spacial score (nSPS) is 24.8. The molecule has 1 unspecified atom stereocenters. The summed E-state index contributed by atoms with van der Waals surface area (Å²) in [7, 11) is 6.30. The van der Waals surface area contributed by atoms with E-state index in [2.05, 4.69) is 31.1 Å². The molecule has 0 aromatic rings.